The van der Waals surface area contributed by atoms with Crippen molar-refractivity contribution in [1.82, 2.24) is 9.97 Å². The van der Waals surface area contributed by atoms with Crippen LogP contribution in [0.3, 0.4) is 0 Å². The molecule has 3 rings (SSSR count). The van der Waals surface area contributed by atoms with Crippen LogP contribution in [-0.2, 0) is 5.60 Å². The van der Waals surface area contributed by atoms with Gasteiger partial charge < -0.3 is 21.5 Å². The molecule has 0 unspecified atom stereocenters. The number of anilines is 3. The average molecular weight is 303 g/mol. The van der Waals surface area contributed by atoms with E-state index in [0.717, 1.165) is 5.56 Å². The Labute approximate surface area is 127 Å². The summed E-state index contributed by atoms with van der Waals surface area (Å²) < 4.78 is 13.0. The van der Waals surface area contributed by atoms with Gasteiger partial charge in [-0.05, 0) is 30.5 Å². The molecule has 2 aromatic rings. The number of piperidine rings is 1. The van der Waals surface area contributed by atoms with Gasteiger partial charge in [0.05, 0.1) is 5.60 Å². The van der Waals surface area contributed by atoms with Crippen molar-refractivity contribution in [3.63, 3.8) is 0 Å². The Balaban J connectivity index is 1.75. The molecular weight excluding hydrogens is 285 g/mol. The number of aliphatic hydroxyl groups is 1. The second kappa shape index (κ2) is 5.42. The third-order valence-corrected chi connectivity index (χ3v) is 4.05. The van der Waals surface area contributed by atoms with Crippen LogP contribution < -0.4 is 16.4 Å². The van der Waals surface area contributed by atoms with Crippen molar-refractivity contribution < 1.29 is 9.50 Å². The Hall–Kier alpha value is -2.41. The summed E-state index contributed by atoms with van der Waals surface area (Å²) in [6.07, 6.45) is 1.03. The number of hydrogen-bond acceptors (Lipinski definition) is 6. The highest BCUT2D eigenvalue weighted by Gasteiger charge is 2.34. The Morgan fingerprint density at radius 1 is 1.09 bits per heavy atom. The Morgan fingerprint density at radius 3 is 2.32 bits per heavy atom. The second-order valence-corrected chi connectivity index (χ2v) is 5.53. The minimum Gasteiger partial charge on any atom is -0.385 e. The monoisotopic (exact) mass is 303 g/mol. The van der Waals surface area contributed by atoms with Crippen molar-refractivity contribution in [2.75, 3.05) is 29.5 Å². The first-order valence-corrected chi connectivity index (χ1v) is 7.10. The van der Waals surface area contributed by atoms with Gasteiger partial charge in [0.25, 0.3) is 0 Å². The summed E-state index contributed by atoms with van der Waals surface area (Å²) in [5.41, 5.74) is 11.1. The highest BCUT2D eigenvalue weighted by atomic mass is 19.1. The number of nitrogen functional groups attached to an aromatic ring is 2. The molecule has 0 saturated carbocycles. The Kier molecular flexibility index (Phi) is 3.58. The van der Waals surface area contributed by atoms with E-state index in [1.54, 1.807) is 18.2 Å². The van der Waals surface area contributed by atoms with Crippen molar-refractivity contribution in [3.05, 3.63) is 41.7 Å². The normalized spacial score (nSPS) is 17.5. The maximum absolute atomic E-state index is 13.0. The molecule has 1 aliphatic rings. The molecule has 7 heteroatoms. The zero-order chi connectivity index (χ0) is 15.7. The lowest BCUT2D eigenvalue weighted by Gasteiger charge is -2.39. The van der Waals surface area contributed by atoms with Crippen molar-refractivity contribution in [2.45, 2.75) is 18.4 Å². The zero-order valence-corrected chi connectivity index (χ0v) is 12.0. The van der Waals surface area contributed by atoms with Gasteiger partial charge in [-0.25, -0.2) is 4.39 Å². The summed E-state index contributed by atoms with van der Waals surface area (Å²) in [6, 6.07) is 7.66. The number of aromatic nitrogens is 2. The van der Waals surface area contributed by atoms with Crippen LogP contribution in [-0.4, -0.2) is 28.2 Å². The fourth-order valence-corrected chi connectivity index (χ4v) is 2.79. The molecule has 1 aromatic heterocycles. The molecule has 1 fully saturated rings. The smallest absolute Gasteiger partial charge is 0.223 e. The standard InChI is InChI=1S/C15H18FN5O/c16-11-3-1-10(2-4-11)15(22)5-7-21(8-6-15)13-9-12(17)19-14(18)20-13/h1-4,9,22H,5-8H2,(H4,17,18,19,20). The van der Waals surface area contributed by atoms with Crippen LogP contribution in [0.4, 0.5) is 22.0 Å². The molecule has 116 valence electrons. The van der Waals surface area contributed by atoms with Crippen molar-refractivity contribution >= 4 is 17.6 Å². The van der Waals surface area contributed by atoms with Crippen LogP contribution in [0.2, 0.25) is 0 Å². The van der Waals surface area contributed by atoms with E-state index in [2.05, 4.69) is 9.97 Å². The SMILES string of the molecule is Nc1cc(N2CCC(O)(c3ccc(F)cc3)CC2)nc(N)n1. The third kappa shape index (κ3) is 2.80. The summed E-state index contributed by atoms with van der Waals surface area (Å²) in [6.45, 7) is 1.20. The average Bonchev–Trinajstić information content (AvgIpc) is 2.47. The summed E-state index contributed by atoms with van der Waals surface area (Å²) in [5.74, 6) is 0.805. The lowest BCUT2D eigenvalue weighted by atomic mass is 9.84. The van der Waals surface area contributed by atoms with Gasteiger partial charge in [-0.15, -0.1) is 0 Å². The molecule has 22 heavy (non-hydrogen) atoms. The second-order valence-electron chi connectivity index (χ2n) is 5.53. The number of nitrogens with zero attached hydrogens (tertiary/aromatic N) is 3. The number of halogens is 1. The van der Waals surface area contributed by atoms with Gasteiger partial charge >= 0.3 is 0 Å². The predicted molar refractivity (Wildman–Crippen MR) is 82.6 cm³/mol. The minimum absolute atomic E-state index is 0.134. The van der Waals surface area contributed by atoms with Crippen LogP contribution in [0.5, 0.6) is 0 Å². The van der Waals surface area contributed by atoms with Gasteiger partial charge in [0.1, 0.15) is 17.5 Å². The predicted octanol–water partition coefficient (Wildman–Crippen LogP) is 1.27. The quantitative estimate of drug-likeness (QED) is 0.772. The van der Waals surface area contributed by atoms with Gasteiger partial charge in [-0.3, -0.25) is 0 Å². The van der Waals surface area contributed by atoms with Crippen LogP contribution in [0.25, 0.3) is 0 Å². The van der Waals surface area contributed by atoms with E-state index in [9.17, 15) is 9.50 Å². The fraction of sp³-hybridized carbons (Fsp3) is 0.333. The fourth-order valence-electron chi connectivity index (χ4n) is 2.79. The van der Waals surface area contributed by atoms with E-state index in [0.29, 0.717) is 37.6 Å². The Bertz CT molecular complexity index is 648. The van der Waals surface area contributed by atoms with Gasteiger partial charge in [0.2, 0.25) is 5.95 Å². The highest BCUT2D eigenvalue weighted by Crippen LogP contribution is 2.34. The maximum atomic E-state index is 13.0. The molecule has 0 spiro atoms. The summed E-state index contributed by atoms with van der Waals surface area (Å²) in [7, 11) is 0. The Morgan fingerprint density at radius 2 is 1.73 bits per heavy atom. The van der Waals surface area contributed by atoms with Crippen LogP contribution in [0.15, 0.2) is 30.3 Å². The molecule has 2 heterocycles. The van der Waals surface area contributed by atoms with E-state index in [-0.39, 0.29) is 11.8 Å². The molecule has 0 amide bonds. The zero-order valence-electron chi connectivity index (χ0n) is 12.0. The first-order chi connectivity index (χ1) is 10.5. The van der Waals surface area contributed by atoms with E-state index in [4.69, 9.17) is 11.5 Å². The lowest BCUT2D eigenvalue weighted by molar-refractivity contribution is 0.0116. The van der Waals surface area contributed by atoms with E-state index >= 15 is 0 Å². The molecule has 0 atom stereocenters. The first kappa shape index (κ1) is 14.5. The van der Waals surface area contributed by atoms with Crippen molar-refractivity contribution in [2.24, 2.45) is 0 Å². The summed E-state index contributed by atoms with van der Waals surface area (Å²) >= 11 is 0. The molecule has 1 aromatic carbocycles. The number of nitrogens with two attached hydrogens (primary N) is 2. The molecule has 0 bridgehead atoms. The third-order valence-electron chi connectivity index (χ3n) is 4.05. The minimum atomic E-state index is -0.950. The first-order valence-electron chi connectivity index (χ1n) is 7.10. The number of rotatable bonds is 2. The molecular formula is C15H18FN5O. The number of hydrogen-bond donors (Lipinski definition) is 3. The van der Waals surface area contributed by atoms with E-state index in [1.165, 1.54) is 12.1 Å². The maximum Gasteiger partial charge on any atom is 0.223 e. The molecule has 6 nitrogen and oxygen atoms in total. The summed E-state index contributed by atoms with van der Waals surface area (Å²) in [5, 5.41) is 10.8. The van der Waals surface area contributed by atoms with Gasteiger partial charge in [-0.2, -0.15) is 9.97 Å². The topological polar surface area (TPSA) is 101 Å². The van der Waals surface area contributed by atoms with Crippen molar-refractivity contribution in [1.29, 1.82) is 0 Å². The molecule has 0 aliphatic carbocycles. The van der Waals surface area contributed by atoms with Gasteiger partial charge in [0.15, 0.2) is 0 Å². The number of benzene rings is 1. The molecule has 1 saturated heterocycles. The highest BCUT2D eigenvalue weighted by molar-refractivity contribution is 5.50. The lowest BCUT2D eigenvalue weighted by Crippen LogP contribution is -2.43. The molecule has 1 aliphatic heterocycles. The van der Waals surface area contributed by atoms with Crippen molar-refractivity contribution in [3.8, 4) is 0 Å². The van der Waals surface area contributed by atoms with Crippen LogP contribution in [0, 0.1) is 5.82 Å². The largest absolute Gasteiger partial charge is 0.385 e. The molecule has 0 radical (unpaired) electrons. The van der Waals surface area contributed by atoms with Crippen LogP contribution >= 0.6 is 0 Å². The van der Waals surface area contributed by atoms with Crippen LogP contribution in [0.1, 0.15) is 18.4 Å². The van der Waals surface area contributed by atoms with E-state index in [1.807, 2.05) is 4.90 Å². The van der Waals surface area contributed by atoms with Gasteiger partial charge in [-0.1, -0.05) is 12.1 Å². The molecule has 5 N–H and O–H groups in total. The van der Waals surface area contributed by atoms with E-state index < -0.39 is 5.60 Å². The van der Waals surface area contributed by atoms with Gasteiger partial charge in [0, 0.05) is 19.2 Å². The summed E-state index contributed by atoms with van der Waals surface area (Å²) in [4.78, 5) is 10.0.